The van der Waals surface area contributed by atoms with Crippen LogP contribution in [0.5, 0.6) is 0 Å². The van der Waals surface area contributed by atoms with E-state index in [0.717, 1.165) is 36.7 Å². The van der Waals surface area contributed by atoms with Gasteiger partial charge in [0.2, 0.25) is 0 Å². The molecular formula is C15H16N4O2. The number of pyridine rings is 1. The van der Waals surface area contributed by atoms with Gasteiger partial charge in [0.1, 0.15) is 12.0 Å². The molecule has 2 aromatic rings. The second-order valence-corrected chi connectivity index (χ2v) is 5.05. The van der Waals surface area contributed by atoms with E-state index in [2.05, 4.69) is 27.3 Å². The fraction of sp³-hybridized carbons (Fsp3) is 0.267. The summed E-state index contributed by atoms with van der Waals surface area (Å²) < 4.78 is 0. The summed E-state index contributed by atoms with van der Waals surface area (Å²) in [5.41, 5.74) is 3.14. The summed E-state index contributed by atoms with van der Waals surface area (Å²) in [6, 6.07) is 9.73. The molecule has 108 valence electrons. The monoisotopic (exact) mass is 284 g/mol. The van der Waals surface area contributed by atoms with Crippen molar-refractivity contribution in [2.75, 3.05) is 18.0 Å². The molecule has 0 bridgehead atoms. The zero-order valence-corrected chi connectivity index (χ0v) is 11.7. The summed E-state index contributed by atoms with van der Waals surface area (Å²) in [4.78, 5) is 16.9. The first-order valence-electron chi connectivity index (χ1n) is 6.84. The van der Waals surface area contributed by atoms with Crippen molar-refractivity contribution in [2.45, 2.75) is 13.5 Å². The summed E-state index contributed by atoms with van der Waals surface area (Å²) in [5.74, 6) is 0.775. The van der Waals surface area contributed by atoms with E-state index in [-0.39, 0.29) is 5.69 Å². The fourth-order valence-corrected chi connectivity index (χ4v) is 2.61. The van der Waals surface area contributed by atoms with E-state index in [1.807, 2.05) is 19.1 Å². The maximum absolute atomic E-state index is 10.8. The first kappa shape index (κ1) is 13.5. The van der Waals surface area contributed by atoms with Crippen LogP contribution in [0, 0.1) is 17.0 Å². The maximum atomic E-state index is 10.8. The molecule has 3 rings (SSSR count). The van der Waals surface area contributed by atoms with Crippen molar-refractivity contribution in [3.05, 3.63) is 57.8 Å². The average Bonchev–Trinajstić information content (AvgIpc) is 2.69. The Morgan fingerprint density at radius 2 is 2.19 bits per heavy atom. The van der Waals surface area contributed by atoms with Gasteiger partial charge in [-0.3, -0.25) is 10.1 Å². The molecule has 1 aromatic heterocycles. The largest absolute Gasteiger partial charge is 0.325 e. The molecular weight excluding hydrogens is 268 g/mol. The smallest absolute Gasteiger partial charge is 0.287 e. The van der Waals surface area contributed by atoms with E-state index in [1.165, 1.54) is 11.8 Å². The van der Waals surface area contributed by atoms with Gasteiger partial charge in [0, 0.05) is 31.4 Å². The molecule has 0 saturated heterocycles. The van der Waals surface area contributed by atoms with Crippen molar-refractivity contribution in [3.8, 4) is 0 Å². The Balaban J connectivity index is 2.06. The van der Waals surface area contributed by atoms with Crippen molar-refractivity contribution < 1.29 is 4.92 Å². The predicted molar refractivity (Wildman–Crippen MR) is 80.8 cm³/mol. The van der Waals surface area contributed by atoms with Gasteiger partial charge in [-0.15, -0.1) is 0 Å². The van der Waals surface area contributed by atoms with Gasteiger partial charge in [-0.25, -0.2) is 4.98 Å². The van der Waals surface area contributed by atoms with Crippen molar-refractivity contribution >= 4 is 17.2 Å². The molecule has 0 unspecified atom stereocenters. The minimum Gasteiger partial charge on any atom is -0.325 e. The third kappa shape index (κ3) is 2.57. The van der Waals surface area contributed by atoms with Crippen molar-refractivity contribution in [1.82, 2.24) is 10.3 Å². The number of hydrogen-bond acceptors (Lipinski definition) is 5. The molecule has 0 fully saturated rings. The van der Waals surface area contributed by atoms with Gasteiger partial charge < -0.3 is 10.2 Å². The Hall–Kier alpha value is -2.47. The highest BCUT2D eigenvalue weighted by Gasteiger charge is 2.20. The predicted octanol–water partition coefficient (Wildman–Crippen LogP) is 2.54. The van der Waals surface area contributed by atoms with Crippen LogP contribution >= 0.6 is 0 Å². The van der Waals surface area contributed by atoms with E-state index >= 15 is 0 Å². The molecule has 1 aromatic carbocycles. The van der Waals surface area contributed by atoms with E-state index in [1.54, 1.807) is 6.07 Å². The molecule has 1 N–H and O–H groups in total. The normalized spacial score (nSPS) is 14.4. The number of benzene rings is 1. The Bertz CT molecular complexity index is 687. The Labute approximate surface area is 122 Å². The molecule has 21 heavy (non-hydrogen) atoms. The first-order valence-corrected chi connectivity index (χ1v) is 6.84. The van der Waals surface area contributed by atoms with Gasteiger partial charge in [-0.2, -0.15) is 0 Å². The van der Waals surface area contributed by atoms with Crippen LogP contribution in [0.3, 0.4) is 0 Å². The Kier molecular flexibility index (Phi) is 3.53. The van der Waals surface area contributed by atoms with E-state index in [4.69, 9.17) is 0 Å². The molecule has 0 spiro atoms. The molecule has 1 aliphatic rings. The molecule has 0 amide bonds. The zero-order chi connectivity index (χ0) is 14.8. The average molecular weight is 284 g/mol. The minimum atomic E-state index is -0.415. The highest BCUT2D eigenvalue weighted by molar-refractivity contribution is 5.67. The molecule has 6 heteroatoms. The van der Waals surface area contributed by atoms with Crippen LogP contribution in [-0.2, 0) is 6.54 Å². The van der Waals surface area contributed by atoms with Crippen LogP contribution in [0.1, 0.15) is 11.1 Å². The molecule has 6 nitrogen and oxygen atoms in total. The quantitative estimate of drug-likeness (QED) is 0.678. The van der Waals surface area contributed by atoms with Gasteiger partial charge in [-0.1, -0.05) is 18.2 Å². The number of aromatic nitrogens is 1. The van der Waals surface area contributed by atoms with Crippen LogP contribution in [0.2, 0.25) is 0 Å². The van der Waals surface area contributed by atoms with Gasteiger partial charge in [0.15, 0.2) is 0 Å². The lowest BCUT2D eigenvalue weighted by molar-refractivity contribution is -0.385. The van der Waals surface area contributed by atoms with Crippen LogP contribution in [-0.4, -0.2) is 23.0 Å². The second kappa shape index (κ2) is 5.49. The summed E-state index contributed by atoms with van der Waals surface area (Å²) in [5, 5.41) is 14.2. The summed E-state index contributed by atoms with van der Waals surface area (Å²) in [6.45, 7) is 4.30. The van der Waals surface area contributed by atoms with Crippen LogP contribution < -0.4 is 10.2 Å². The van der Waals surface area contributed by atoms with E-state index in [0.29, 0.717) is 0 Å². The lowest BCUT2D eigenvalue weighted by Gasteiger charge is -2.24. The third-order valence-corrected chi connectivity index (χ3v) is 3.61. The molecule has 0 atom stereocenters. The number of hydrogen-bond donors (Lipinski definition) is 1. The molecule has 0 radical (unpaired) electrons. The molecule has 1 aliphatic heterocycles. The van der Waals surface area contributed by atoms with Crippen molar-refractivity contribution in [1.29, 1.82) is 0 Å². The number of rotatable bonds is 2. The topological polar surface area (TPSA) is 71.3 Å². The summed E-state index contributed by atoms with van der Waals surface area (Å²) in [6.07, 6.45) is 1.32. The zero-order valence-electron chi connectivity index (χ0n) is 11.7. The summed E-state index contributed by atoms with van der Waals surface area (Å²) in [7, 11) is 0. The highest BCUT2D eigenvalue weighted by atomic mass is 16.6. The first-order chi connectivity index (χ1) is 10.2. The second-order valence-electron chi connectivity index (χ2n) is 5.05. The number of anilines is 2. The van der Waals surface area contributed by atoms with E-state index in [9.17, 15) is 10.1 Å². The van der Waals surface area contributed by atoms with Gasteiger partial charge in [-0.05, 0) is 24.1 Å². The number of para-hydroxylation sites is 1. The van der Waals surface area contributed by atoms with Crippen molar-refractivity contribution in [3.63, 3.8) is 0 Å². The maximum Gasteiger partial charge on any atom is 0.287 e. The lowest BCUT2D eigenvalue weighted by atomic mass is 10.1. The fourth-order valence-electron chi connectivity index (χ4n) is 2.61. The highest BCUT2D eigenvalue weighted by Crippen LogP contribution is 2.31. The van der Waals surface area contributed by atoms with E-state index < -0.39 is 4.92 Å². The van der Waals surface area contributed by atoms with Crippen LogP contribution in [0.25, 0.3) is 0 Å². The third-order valence-electron chi connectivity index (χ3n) is 3.61. The van der Waals surface area contributed by atoms with Crippen LogP contribution in [0.4, 0.5) is 17.2 Å². The Morgan fingerprint density at radius 3 is 2.95 bits per heavy atom. The van der Waals surface area contributed by atoms with Gasteiger partial charge in [0.25, 0.3) is 5.69 Å². The number of aryl methyl sites for hydroxylation is 1. The number of fused-ring (bicyclic) bond motifs is 1. The number of nitrogens with one attached hydrogen (secondary N) is 1. The number of nitro groups is 1. The molecule has 0 aliphatic carbocycles. The lowest BCUT2D eigenvalue weighted by Crippen LogP contribution is -2.25. The standard InChI is InChI=1S/C15H16N4O2/c1-11-8-13(19(20)21)10-17-15(11)18-7-6-16-9-12-4-2-3-5-14(12)18/h2-5,8,10,16H,6-7,9H2,1H3. The molecule has 0 saturated carbocycles. The Morgan fingerprint density at radius 1 is 1.38 bits per heavy atom. The SMILES string of the molecule is Cc1cc([N+](=O)[O-])cnc1N1CCNCc2ccccc21. The number of nitrogens with zero attached hydrogens (tertiary/aromatic N) is 3. The van der Waals surface area contributed by atoms with Gasteiger partial charge in [0.05, 0.1) is 4.92 Å². The van der Waals surface area contributed by atoms with Crippen molar-refractivity contribution in [2.24, 2.45) is 0 Å². The van der Waals surface area contributed by atoms with Gasteiger partial charge >= 0.3 is 0 Å². The molecule has 2 heterocycles. The minimum absolute atomic E-state index is 0.0254. The summed E-state index contributed by atoms with van der Waals surface area (Å²) >= 11 is 0. The van der Waals surface area contributed by atoms with Crippen LogP contribution in [0.15, 0.2) is 36.5 Å².